The number of carbonyl (C=O) groups excluding carboxylic acids is 1. The number of ether oxygens (including phenoxy) is 2. The molecule has 0 aromatic heterocycles. The van der Waals surface area contributed by atoms with Crippen molar-refractivity contribution < 1.29 is 22.7 Å². The third-order valence-corrected chi connectivity index (χ3v) is 7.24. The molecule has 3 aromatic rings. The van der Waals surface area contributed by atoms with Gasteiger partial charge in [-0.2, -0.15) is 0 Å². The maximum Gasteiger partial charge on any atom is 0.345 e. The van der Waals surface area contributed by atoms with Gasteiger partial charge in [-0.1, -0.05) is 50.6 Å². The molecule has 0 amide bonds. The van der Waals surface area contributed by atoms with E-state index >= 15 is 0 Å². The highest BCUT2D eigenvalue weighted by Gasteiger charge is 2.26. The second-order valence-electron chi connectivity index (χ2n) is 8.45. The van der Waals surface area contributed by atoms with E-state index < -0.39 is 16.0 Å². The normalized spacial score (nSPS) is 11.7. The third-order valence-electron chi connectivity index (χ3n) is 5.13. The number of nitrogens with zero attached hydrogens (tertiary/aromatic N) is 1. The molecule has 0 aliphatic carbocycles. The van der Waals surface area contributed by atoms with Gasteiger partial charge in [0.25, 0.3) is 10.0 Å². The minimum absolute atomic E-state index is 0.0464. The maximum atomic E-state index is 13.1. The molecule has 0 fully saturated rings. The Bertz CT molecular complexity index is 1270. The molecule has 6 nitrogen and oxygen atoms in total. The lowest BCUT2D eigenvalue weighted by molar-refractivity contribution is 0.0731. The van der Waals surface area contributed by atoms with Crippen LogP contribution in [0.3, 0.4) is 0 Å². The molecule has 174 valence electrons. The van der Waals surface area contributed by atoms with Crippen LogP contribution in [0.2, 0.25) is 5.02 Å². The topological polar surface area (TPSA) is 72.9 Å². The highest BCUT2D eigenvalue weighted by atomic mass is 35.5. The molecule has 0 radical (unpaired) electrons. The summed E-state index contributed by atoms with van der Waals surface area (Å²) >= 11 is 6.25. The van der Waals surface area contributed by atoms with Gasteiger partial charge in [0.15, 0.2) is 0 Å². The summed E-state index contributed by atoms with van der Waals surface area (Å²) in [5.74, 6) is 0.226. The predicted molar refractivity (Wildman–Crippen MR) is 130 cm³/mol. The monoisotopic (exact) mass is 487 g/mol. The first-order chi connectivity index (χ1) is 15.4. The van der Waals surface area contributed by atoms with Gasteiger partial charge in [0.05, 0.1) is 28.3 Å². The zero-order valence-electron chi connectivity index (χ0n) is 19.1. The Hall–Kier alpha value is -3.03. The second-order valence-corrected chi connectivity index (χ2v) is 10.8. The molecule has 0 saturated carbocycles. The van der Waals surface area contributed by atoms with E-state index in [-0.39, 0.29) is 20.9 Å². The van der Waals surface area contributed by atoms with Crippen molar-refractivity contribution in [2.45, 2.75) is 31.1 Å². The number of methoxy groups -OCH3 is 1. The van der Waals surface area contributed by atoms with E-state index in [0.717, 1.165) is 9.87 Å². The van der Waals surface area contributed by atoms with Gasteiger partial charge in [-0.3, -0.25) is 4.31 Å². The molecular formula is C25H26ClNO5S. The molecule has 0 spiro atoms. The van der Waals surface area contributed by atoms with Crippen LogP contribution in [0.25, 0.3) is 0 Å². The number of benzene rings is 3. The average Bonchev–Trinajstić information content (AvgIpc) is 2.78. The number of esters is 1. The molecule has 0 atom stereocenters. The summed E-state index contributed by atoms with van der Waals surface area (Å²) in [6, 6.07) is 17.8. The molecule has 0 unspecified atom stereocenters. The minimum atomic E-state index is -3.93. The number of para-hydroxylation sites is 1. The lowest BCUT2D eigenvalue weighted by atomic mass is 9.86. The zero-order chi connectivity index (χ0) is 24.4. The van der Waals surface area contributed by atoms with E-state index in [0.29, 0.717) is 17.2 Å². The van der Waals surface area contributed by atoms with Gasteiger partial charge in [0.1, 0.15) is 11.5 Å². The van der Waals surface area contributed by atoms with Gasteiger partial charge < -0.3 is 9.47 Å². The molecule has 0 heterocycles. The highest BCUT2D eigenvalue weighted by Crippen LogP contribution is 2.35. The smallest absolute Gasteiger partial charge is 0.345 e. The third kappa shape index (κ3) is 5.31. The number of halogens is 1. The first-order valence-corrected chi connectivity index (χ1v) is 12.0. The molecule has 33 heavy (non-hydrogen) atoms. The van der Waals surface area contributed by atoms with Crippen LogP contribution >= 0.6 is 11.6 Å². The molecule has 0 aliphatic rings. The lowest BCUT2D eigenvalue weighted by Crippen LogP contribution is -2.26. The fraction of sp³-hybridized carbons (Fsp3) is 0.240. The number of anilines is 1. The van der Waals surface area contributed by atoms with Crippen LogP contribution in [0, 0.1) is 0 Å². The van der Waals surface area contributed by atoms with Crippen molar-refractivity contribution in [1.29, 1.82) is 0 Å². The van der Waals surface area contributed by atoms with E-state index in [1.807, 2.05) is 20.8 Å². The molecular weight excluding hydrogens is 462 g/mol. The summed E-state index contributed by atoms with van der Waals surface area (Å²) < 4.78 is 38.4. The summed E-state index contributed by atoms with van der Waals surface area (Å²) in [5, 5.41) is 0.0899. The Morgan fingerprint density at radius 3 is 2.24 bits per heavy atom. The predicted octanol–water partition coefficient (Wildman–Crippen LogP) is 5.69. The second kappa shape index (κ2) is 9.45. The van der Waals surface area contributed by atoms with Crippen molar-refractivity contribution in [2.75, 3.05) is 18.5 Å². The number of carbonyl (C=O) groups is 1. The molecule has 8 heteroatoms. The van der Waals surface area contributed by atoms with Crippen molar-refractivity contribution in [3.05, 3.63) is 82.9 Å². The van der Waals surface area contributed by atoms with Gasteiger partial charge in [-0.15, -0.1) is 0 Å². The van der Waals surface area contributed by atoms with Crippen molar-refractivity contribution in [1.82, 2.24) is 0 Å². The van der Waals surface area contributed by atoms with Gasteiger partial charge in [-0.25, -0.2) is 13.2 Å². The van der Waals surface area contributed by atoms with Gasteiger partial charge in [0.2, 0.25) is 0 Å². The summed E-state index contributed by atoms with van der Waals surface area (Å²) in [5.41, 5.74) is 0.871. The molecule has 0 N–H and O–H groups in total. The summed E-state index contributed by atoms with van der Waals surface area (Å²) in [6.45, 7) is 5.95. The number of hydrogen-bond acceptors (Lipinski definition) is 5. The van der Waals surface area contributed by atoms with Crippen molar-refractivity contribution in [3.8, 4) is 11.5 Å². The summed E-state index contributed by atoms with van der Waals surface area (Å²) in [6.07, 6.45) is 0. The van der Waals surface area contributed by atoms with Crippen LogP contribution in [0.15, 0.2) is 71.6 Å². The van der Waals surface area contributed by atoms with Gasteiger partial charge >= 0.3 is 5.97 Å². The number of rotatable bonds is 6. The van der Waals surface area contributed by atoms with E-state index in [4.69, 9.17) is 21.1 Å². The fourth-order valence-electron chi connectivity index (χ4n) is 3.22. The van der Waals surface area contributed by atoms with E-state index in [2.05, 4.69) is 0 Å². The molecule has 0 aliphatic heterocycles. The van der Waals surface area contributed by atoms with Crippen LogP contribution < -0.4 is 13.8 Å². The van der Waals surface area contributed by atoms with Crippen LogP contribution in [-0.2, 0) is 15.4 Å². The van der Waals surface area contributed by atoms with Crippen molar-refractivity contribution in [3.63, 3.8) is 0 Å². The van der Waals surface area contributed by atoms with E-state index in [1.165, 1.54) is 25.2 Å². The van der Waals surface area contributed by atoms with Crippen LogP contribution in [0.5, 0.6) is 11.5 Å². The summed E-state index contributed by atoms with van der Waals surface area (Å²) in [4.78, 5) is 13.0. The number of sulfonamides is 1. The van der Waals surface area contributed by atoms with Crippen LogP contribution in [0.4, 0.5) is 5.69 Å². The Kier molecular flexibility index (Phi) is 7.05. The Labute approximate surface area is 199 Å². The quantitative estimate of drug-likeness (QED) is 0.330. The zero-order valence-corrected chi connectivity index (χ0v) is 20.7. The van der Waals surface area contributed by atoms with E-state index in [9.17, 15) is 13.2 Å². The molecule has 0 bridgehead atoms. The lowest BCUT2D eigenvalue weighted by Gasteiger charge is -2.23. The Morgan fingerprint density at radius 1 is 0.970 bits per heavy atom. The van der Waals surface area contributed by atoms with E-state index in [1.54, 1.807) is 55.6 Å². The van der Waals surface area contributed by atoms with Crippen molar-refractivity contribution >= 4 is 33.3 Å². The first kappa shape index (κ1) is 24.6. The molecule has 3 rings (SSSR count). The SMILES string of the molecule is COc1ccc(OC(=O)c2cc(S(=O)(=O)N(C)c3ccccc3)ccc2Cl)c(C(C)(C)C)c1. The standard InChI is InChI=1S/C25H26ClNO5S/c1-25(2,3)21-15-18(31-5)11-14-23(21)32-24(28)20-16-19(12-13-22(20)26)33(29,30)27(4)17-9-7-6-8-10-17/h6-16H,1-5H3. The average molecular weight is 488 g/mol. The Balaban J connectivity index is 1.97. The minimum Gasteiger partial charge on any atom is -0.497 e. The van der Waals surface area contributed by atoms with Gasteiger partial charge in [0, 0.05) is 12.6 Å². The van der Waals surface area contributed by atoms with Crippen LogP contribution in [0.1, 0.15) is 36.7 Å². The molecule has 0 saturated heterocycles. The fourth-order valence-corrected chi connectivity index (χ4v) is 4.64. The highest BCUT2D eigenvalue weighted by molar-refractivity contribution is 7.92. The first-order valence-electron chi connectivity index (χ1n) is 10.2. The number of hydrogen-bond donors (Lipinski definition) is 0. The largest absolute Gasteiger partial charge is 0.497 e. The van der Waals surface area contributed by atoms with Crippen molar-refractivity contribution in [2.24, 2.45) is 0 Å². The Morgan fingerprint density at radius 2 is 1.64 bits per heavy atom. The summed E-state index contributed by atoms with van der Waals surface area (Å²) in [7, 11) is -0.918. The molecule has 3 aromatic carbocycles. The van der Waals surface area contributed by atoms with Crippen LogP contribution in [-0.4, -0.2) is 28.5 Å². The van der Waals surface area contributed by atoms with Gasteiger partial charge in [-0.05, 0) is 53.9 Å². The maximum absolute atomic E-state index is 13.1.